The second kappa shape index (κ2) is 8.30. The first kappa shape index (κ1) is 19.0. The van der Waals surface area contributed by atoms with E-state index in [1.165, 1.54) is 10.5 Å². The summed E-state index contributed by atoms with van der Waals surface area (Å²) in [4.78, 5) is 14.1. The van der Waals surface area contributed by atoms with Gasteiger partial charge < -0.3 is 15.0 Å². The van der Waals surface area contributed by atoms with Gasteiger partial charge in [-0.25, -0.2) is 0 Å². The molecule has 138 valence electrons. The summed E-state index contributed by atoms with van der Waals surface area (Å²) in [5.41, 5.74) is 1.74. The lowest BCUT2D eigenvalue weighted by Crippen LogP contribution is -3.16. The average Bonchev–Trinajstić information content (AvgIpc) is 3.47. The Morgan fingerprint density at radius 2 is 1.92 bits per heavy atom. The highest BCUT2D eigenvalue weighted by Gasteiger charge is 2.39. The minimum atomic E-state index is -0.195. The Balaban J connectivity index is 1.70. The first-order valence-corrected chi connectivity index (χ1v) is 9.48. The number of halogens is 2. The normalized spacial score (nSPS) is 16.0. The van der Waals surface area contributed by atoms with Crippen LogP contribution in [0.4, 0.5) is 5.69 Å². The predicted molar refractivity (Wildman–Crippen MR) is 105 cm³/mol. The Hall–Kier alpha value is -1.75. The molecular formula is C20H23Cl2N2O2+. The van der Waals surface area contributed by atoms with E-state index in [9.17, 15) is 4.79 Å². The van der Waals surface area contributed by atoms with Gasteiger partial charge in [-0.1, -0.05) is 23.2 Å². The van der Waals surface area contributed by atoms with Gasteiger partial charge in [0, 0.05) is 23.4 Å². The van der Waals surface area contributed by atoms with Gasteiger partial charge in [-0.2, -0.15) is 0 Å². The smallest absolute Gasteiger partial charge is 0.282 e. The standard InChI is InChI=1S/C20H22Cl2N2O2/c1-13(20(25)23-19-11-15(21)5-10-18(19)22)24(16-6-7-16)12-14-3-8-17(26-2)9-4-14/h3-5,8-11,13,16H,6-7,12H2,1-2H3,(H,23,25)/p+1/t13-/m1/s1. The summed E-state index contributed by atoms with van der Waals surface area (Å²) >= 11 is 12.2. The average molecular weight is 394 g/mol. The zero-order valence-electron chi connectivity index (χ0n) is 14.9. The number of hydrogen-bond donors (Lipinski definition) is 2. The van der Waals surface area contributed by atoms with Crippen LogP contribution in [0.25, 0.3) is 0 Å². The van der Waals surface area contributed by atoms with Gasteiger partial charge >= 0.3 is 0 Å². The van der Waals surface area contributed by atoms with Gasteiger partial charge in [0.25, 0.3) is 5.91 Å². The summed E-state index contributed by atoms with van der Waals surface area (Å²) in [6, 6.07) is 13.4. The molecule has 1 amide bonds. The highest BCUT2D eigenvalue weighted by molar-refractivity contribution is 6.35. The summed E-state index contributed by atoms with van der Waals surface area (Å²) in [5, 5.41) is 3.95. The maximum Gasteiger partial charge on any atom is 0.282 e. The van der Waals surface area contributed by atoms with Crippen LogP contribution < -0.4 is 15.0 Å². The van der Waals surface area contributed by atoms with Crippen molar-refractivity contribution in [1.29, 1.82) is 0 Å². The molecule has 1 aliphatic rings. The molecule has 0 bridgehead atoms. The highest BCUT2D eigenvalue weighted by atomic mass is 35.5. The van der Waals surface area contributed by atoms with E-state index in [2.05, 4.69) is 17.4 Å². The Morgan fingerprint density at radius 1 is 1.23 bits per heavy atom. The number of quaternary nitrogens is 1. The van der Waals surface area contributed by atoms with Gasteiger partial charge in [0.1, 0.15) is 12.3 Å². The third-order valence-electron chi connectivity index (χ3n) is 4.80. The second-order valence-electron chi connectivity index (χ2n) is 6.71. The number of carbonyl (C=O) groups excluding carboxylic acids is 1. The largest absolute Gasteiger partial charge is 0.497 e. The number of anilines is 1. The molecule has 2 N–H and O–H groups in total. The van der Waals surface area contributed by atoms with Crippen LogP contribution >= 0.6 is 23.2 Å². The van der Waals surface area contributed by atoms with Crippen molar-refractivity contribution >= 4 is 34.8 Å². The molecule has 6 heteroatoms. The first-order chi connectivity index (χ1) is 12.5. The fraction of sp³-hybridized carbons (Fsp3) is 0.350. The minimum absolute atomic E-state index is 0.0513. The Morgan fingerprint density at radius 3 is 2.54 bits per heavy atom. The quantitative estimate of drug-likeness (QED) is 0.754. The monoisotopic (exact) mass is 393 g/mol. The Bertz CT molecular complexity index is 776. The van der Waals surface area contributed by atoms with Crippen LogP contribution in [-0.4, -0.2) is 25.1 Å². The molecule has 0 heterocycles. The third kappa shape index (κ3) is 4.70. The maximum absolute atomic E-state index is 12.8. The lowest BCUT2D eigenvalue weighted by atomic mass is 10.1. The zero-order chi connectivity index (χ0) is 18.7. The van der Waals surface area contributed by atoms with Crippen molar-refractivity contribution in [1.82, 2.24) is 0 Å². The molecule has 2 aromatic carbocycles. The van der Waals surface area contributed by atoms with Gasteiger partial charge in [-0.05, 0) is 49.4 Å². The summed E-state index contributed by atoms with van der Waals surface area (Å²) in [6.07, 6.45) is 2.31. The molecule has 0 aromatic heterocycles. The first-order valence-electron chi connectivity index (χ1n) is 8.72. The molecule has 2 atom stereocenters. The van der Waals surface area contributed by atoms with E-state index in [0.717, 1.165) is 25.1 Å². The number of benzene rings is 2. The molecule has 0 aliphatic heterocycles. The second-order valence-corrected chi connectivity index (χ2v) is 7.55. The topological polar surface area (TPSA) is 42.8 Å². The van der Waals surface area contributed by atoms with Gasteiger partial charge in [-0.3, -0.25) is 4.79 Å². The molecule has 0 spiro atoms. The van der Waals surface area contributed by atoms with E-state index in [1.54, 1.807) is 25.3 Å². The van der Waals surface area contributed by atoms with E-state index < -0.39 is 0 Å². The number of methoxy groups -OCH3 is 1. The molecule has 26 heavy (non-hydrogen) atoms. The van der Waals surface area contributed by atoms with Crippen LogP contribution in [0.5, 0.6) is 5.75 Å². The molecule has 3 rings (SSSR count). The van der Waals surface area contributed by atoms with Crippen LogP contribution in [-0.2, 0) is 11.3 Å². The molecule has 0 radical (unpaired) electrons. The van der Waals surface area contributed by atoms with E-state index in [1.807, 2.05) is 19.1 Å². The van der Waals surface area contributed by atoms with Crippen LogP contribution in [0, 0.1) is 0 Å². The lowest BCUT2D eigenvalue weighted by Gasteiger charge is -2.25. The van der Waals surface area contributed by atoms with E-state index in [-0.39, 0.29) is 11.9 Å². The summed E-state index contributed by atoms with van der Waals surface area (Å²) in [5.74, 6) is 0.785. The van der Waals surface area contributed by atoms with Gasteiger partial charge in [0.05, 0.1) is 23.9 Å². The maximum atomic E-state index is 12.8. The SMILES string of the molecule is COc1ccc(C[NH+](C2CC2)[C@H](C)C(=O)Nc2cc(Cl)ccc2Cl)cc1. The number of ether oxygens (including phenoxy) is 1. The summed E-state index contributed by atoms with van der Waals surface area (Å²) in [7, 11) is 1.66. The van der Waals surface area contributed by atoms with E-state index in [4.69, 9.17) is 27.9 Å². The van der Waals surface area contributed by atoms with Gasteiger partial charge in [0.2, 0.25) is 0 Å². The fourth-order valence-electron chi connectivity index (χ4n) is 3.09. The van der Waals surface area contributed by atoms with Crippen molar-refractivity contribution < 1.29 is 14.4 Å². The van der Waals surface area contributed by atoms with Crippen molar-refractivity contribution in [3.8, 4) is 5.75 Å². The number of carbonyl (C=O) groups is 1. The lowest BCUT2D eigenvalue weighted by molar-refractivity contribution is -0.938. The van der Waals surface area contributed by atoms with E-state index >= 15 is 0 Å². The number of hydrogen-bond acceptors (Lipinski definition) is 2. The van der Waals surface area contributed by atoms with Gasteiger partial charge in [0.15, 0.2) is 6.04 Å². The number of amides is 1. The molecule has 1 aliphatic carbocycles. The molecule has 0 saturated heterocycles. The van der Waals surface area contributed by atoms with Crippen molar-refractivity contribution in [2.24, 2.45) is 0 Å². The van der Waals surface area contributed by atoms with Crippen LogP contribution in [0.1, 0.15) is 25.3 Å². The van der Waals surface area contributed by atoms with E-state index in [0.29, 0.717) is 21.8 Å². The third-order valence-corrected chi connectivity index (χ3v) is 5.37. The van der Waals surface area contributed by atoms with Crippen LogP contribution in [0.3, 0.4) is 0 Å². The predicted octanol–water partition coefficient (Wildman–Crippen LogP) is 3.58. The summed E-state index contributed by atoms with van der Waals surface area (Å²) < 4.78 is 5.21. The van der Waals surface area contributed by atoms with Crippen LogP contribution in [0.2, 0.25) is 10.0 Å². The molecule has 1 unspecified atom stereocenters. The van der Waals surface area contributed by atoms with Crippen molar-refractivity contribution in [3.63, 3.8) is 0 Å². The molecule has 4 nitrogen and oxygen atoms in total. The minimum Gasteiger partial charge on any atom is -0.497 e. The Labute approximate surface area is 164 Å². The van der Waals surface area contributed by atoms with Gasteiger partial charge in [-0.15, -0.1) is 0 Å². The molecule has 2 aromatic rings. The molecule has 1 saturated carbocycles. The summed E-state index contributed by atoms with van der Waals surface area (Å²) in [6.45, 7) is 2.76. The fourth-order valence-corrected chi connectivity index (χ4v) is 3.42. The Kier molecular flexibility index (Phi) is 6.07. The molecular weight excluding hydrogens is 371 g/mol. The number of nitrogens with one attached hydrogen (secondary N) is 2. The molecule has 1 fully saturated rings. The number of rotatable bonds is 7. The van der Waals surface area contributed by atoms with Crippen LogP contribution in [0.15, 0.2) is 42.5 Å². The zero-order valence-corrected chi connectivity index (χ0v) is 16.4. The van der Waals surface area contributed by atoms with Crippen molar-refractivity contribution in [3.05, 3.63) is 58.1 Å². The van der Waals surface area contributed by atoms with Crippen molar-refractivity contribution in [2.75, 3.05) is 12.4 Å². The highest BCUT2D eigenvalue weighted by Crippen LogP contribution is 2.25. The van der Waals surface area contributed by atoms with Crippen molar-refractivity contribution in [2.45, 2.75) is 38.4 Å².